The number of rotatable bonds is 5. The number of hydrogen-bond donors (Lipinski definition) is 1. The highest BCUT2D eigenvalue weighted by molar-refractivity contribution is 5.78. The molecule has 110 valence electrons. The third-order valence-electron chi connectivity index (χ3n) is 3.35. The molecule has 1 atom stereocenters. The first kappa shape index (κ1) is 14.7. The van der Waals surface area contributed by atoms with Crippen molar-refractivity contribution in [1.82, 2.24) is 4.90 Å². The molecule has 0 aliphatic carbocycles. The predicted molar refractivity (Wildman–Crippen MR) is 76.9 cm³/mol. The molecule has 1 aliphatic rings. The van der Waals surface area contributed by atoms with Crippen LogP contribution in [0.2, 0.25) is 0 Å². The summed E-state index contributed by atoms with van der Waals surface area (Å²) in [6.07, 6.45) is 1.88. The maximum absolute atomic E-state index is 11.7. The molecule has 2 N–H and O–H groups in total. The topological polar surface area (TPSA) is 64.8 Å². The minimum Gasteiger partial charge on any atom is -0.490 e. The van der Waals surface area contributed by atoms with Gasteiger partial charge in [0.05, 0.1) is 19.7 Å². The van der Waals surface area contributed by atoms with Gasteiger partial charge in [-0.2, -0.15) is 0 Å². The molecule has 1 aliphatic heterocycles. The van der Waals surface area contributed by atoms with Crippen LogP contribution in [0.15, 0.2) is 24.3 Å². The molecule has 2 rings (SSSR count). The van der Waals surface area contributed by atoms with E-state index in [0.717, 1.165) is 30.9 Å². The number of carbonyl (C=O) groups is 1. The average molecular weight is 278 g/mol. The zero-order chi connectivity index (χ0) is 14.4. The van der Waals surface area contributed by atoms with E-state index in [2.05, 4.69) is 0 Å². The third-order valence-corrected chi connectivity index (χ3v) is 3.35. The highest BCUT2D eigenvalue weighted by Crippen LogP contribution is 2.29. The molecular formula is C15H22N2O3. The van der Waals surface area contributed by atoms with Crippen molar-refractivity contribution in [2.75, 3.05) is 26.2 Å². The number of benzene rings is 1. The highest BCUT2D eigenvalue weighted by Gasteiger charge is 2.24. The van der Waals surface area contributed by atoms with Crippen molar-refractivity contribution in [3.05, 3.63) is 24.3 Å². The van der Waals surface area contributed by atoms with Crippen LogP contribution >= 0.6 is 0 Å². The van der Waals surface area contributed by atoms with Crippen molar-refractivity contribution in [1.29, 1.82) is 0 Å². The first-order valence-corrected chi connectivity index (χ1v) is 7.11. The second-order valence-electron chi connectivity index (χ2n) is 4.81. The van der Waals surface area contributed by atoms with Crippen molar-refractivity contribution in [3.63, 3.8) is 0 Å². The molecule has 0 saturated carbocycles. The normalized spacial score (nSPS) is 18.7. The van der Waals surface area contributed by atoms with E-state index in [-0.39, 0.29) is 18.6 Å². The van der Waals surface area contributed by atoms with Gasteiger partial charge in [0.2, 0.25) is 5.91 Å². The number of likely N-dealkylation sites (tertiary alicyclic amines) is 1. The number of nitrogens with zero attached hydrogens (tertiary/aromatic N) is 1. The van der Waals surface area contributed by atoms with Gasteiger partial charge in [-0.25, -0.2) is 0 Å². The Morgan fingerprint density at radius 1 is 1.40 bits per heavy atom. The Morgan fingerprint density at radius 2 is 2.15 bits per heavy atom. The van der Waals surface area contributed by atoms with Crippen LogP contribution in [0.3, 0.4) is 0 Å². The molecule has 5 nitrogen and oxygen atoms in total. The van der Waals surface area contributed by atoms with Gasteiger partial charge in [0.1, 0.15) is 6.10 Å². The molecule has 0 spiro atoms. The molecule has 1 unspecified atom stereocenters. The van der Waals surface area contributed by atoms with E-state index in [4.69, 9.17) is 15.2 Å². The summed E-state index contributed by atoms with van der Waals surface area (Å²) in [4.78, 5) is 13.4. The van der Waals surface area contributed by atoms with Crippen LogP contribution in [0.5, 0.6) is 11.5 Å². The molecule has 0 radical (unpaired) electrons. The molecular weight excluding hydrogens is 256 g/mol. The number of ether oxygens (including phenoxy) is 2. The first-order chi connectivity index (χ1) is 9.74. The minimum atomic E-state index is -0.0172. The summed E-state index contributed by atoms with van der Waals surface area (Å²) in [5, 5.41) is 0. The summed E-state index contributed by atoms with van der Waals surface area (Å²) in [6.45, 7) is 3.96. The Kier molecular flexibility index (Phi) is 5.24. The number of para-hydroxylation sites is 2. The lowest BCUT2D eigenvalue weighted by Crippen LogP contribution is -2.46. The highest BCUT2D eigenvalue weighted by atomic mass is 16.5. The van der Waals surface area contributed by atoms with Crippen LogP contribution in [0.4, 0.5) is 0 Å². The summed E-state index contributed by atoms with van der Waals surface area (Å²) in [5.74, 6) is 1.47. The lowest BCUT2D eigenvalue weighted by molar-refractivity contribution is -0.132. The Bertz CT molecular complexity index is 450. The van der Waals surface area contributed by atoms with Gasteiger partial charge in [-0.3, -0.25) is 4.79 Å². The fourth-order valence-corrected chi connectivity index (χ4v) is 2.39. The smallest absolute Gasteiger partial charge is 0.236 e. The lowest BCUT2D eigenvalue weighted by Gasteiger charge is -2.33. The van der Waals surface area contributed by atoms with E-state index in [0.29, 0.717) is 13.2 Å². The van der Waals surface area contributed by atoms with E-state index >= 15 is 0 Å². The Morgan fingerprint density at radius 3 is 2.85 bits per heavy atom. The van der Waals surface area contributed by atoms with E-state index in [1.165, 1.54) is 0 Å². The zero-order valence-corrected chi connectivity index (χ0v) is 11.9. The van der Waals surface area contributed by atoms with Crippen molar-refractivity contribution >= 4 is 5.91 Å². The van der Waals surface area contributed by atoms with Gasteiger partial charge in [-0.15, -0.1) is 0 Å². The van der Waals surface area contributed by atoms with Gasteiger partial charge in [0, 0.05) is 6.54 Å². The van der Waals surface area contributed by atoms with Gasteiger partial charge in [0.25, 0.3) is 0 Å². The number of nitrogens with two attached hydrogens (primary N) is 1. The molecule has 0 bridgehead atoms. The van der Waals surface area contributed by atoms with Crippen LogP contribution in [0.25, 0.3) is 0 Å². The summed E-state index contributed by atoms with van der Waals surface area (Å²) in [5.41, 5.74) is 5.41. The number of hydrogen-bond acceptors (Lipinski definition) is 4. The van der Waals surface area contributed by atoms with Crippen molar-refractivity contribution in [2.24, 2.45) is 5.73 Å². The number of carbonyl (C=O) groups excluding carboxylic acids is 1. The Balaban J connectivity index is 2.00. The Labute approximate surface area is 119 Å². The molecule has 5 heteroatoms. The van der Waals surface area contributed by atoms with E-state index in [9.17, 15) is 4.79 Å². The van der Waals surface area contributed by atoms with Gasteiger partial charge >= 0.3 is 0 Å². The van der Waals surface area contributed by atoms with E-state index < -0.39 is 0 Å². The van der Waals surface area contributed by atoms with Gasteiger partial charge in [-0.1, -0.05) is 12.1 Å². The fourth-order valence-electron chi connectivity index (χ4n) is 2.39. The molecule has 1 amide bonds. The quantitative estimate of drug-likeness (QED) is 0.884. The molecule has 1 fully saturated rings. The molecule has 1 aromatic carbocycles. The molecule has 1 aromatic rings. The number of amides is 1. The summed E-state index contributed by atoms with van der Waals surface area (Å²) in [6, 6.07) is 7.63. The molecule has 1 saturated heterocycles. The van der Waals surface area contributed by atoms with Crippen LogP contribution in [-0.4, -0.2) is 43.2 Å². The third kappa shape index (κ3) is 3.63. The zero-order valence-electron chi connectivity index (χ0n) is 11.9. The SMILES string of the molecule is CCOc1ccccc1OC1CCCN(C(=O)CN)C1. The van der Waals surface area contributed by atoms with Crippen LogP contribution < -0.4 is 15.2 Å². The van der Waals surface area contributed by atoms with Crippen molar-refractivity contribution in [2.45, 2.75) is 25.9 Å². The van der Waals surface area contributed by atoms with Crippen molar-refractivity contribution in [3.8, 4) is 11.5 Å². The minimum absolute atomic E-state index is 0.000793. The van der Waals surface area contributed by atoms with Crippen molar-refractivity contribution < 1.29 is 14.3 Å². The van der Waals surface area contributed by atoms with Gasteiger partial charge in [-0.05, 0) is 31.9 Å². The molecule has 1 heterocycles. The van der Waals surface area contributed by atoms with Crippen LogP contribution in [0, 0.1) is 0 Å². The summed E-state index contributed by atoms with van der Waals surface area (Å²) < 4.78 is 11.6. The first-order valence-electron chi connectivity index (χ1n) is 7.11. The predicted octanol–water partition coefficient (Wildman–Crippen LogP) is 1.41. The van der Waals surface area contributed by atoms with E-state index in [1.54, 1.807) is 4.90 Å². The second-order valence-corrected chi connectivity index (χ2v) is 4.81. The summed E-state index contributed by atoms with van der Waals surface area (Å²) >= 11 is 0. The van der Waals surface area contributed by atoms with E-state index in [1.807, 2.05) is 31.2 Å². The molecule has 0 aromatic heterocycles. The summed E-state index contributed by atoms with van der Waals surface area (Å²) in [7, 11) is 0. The monoisotopic (exact) mass is 278 g/mol. The second kappa shape index (κ2) is 7.14. The average Bonchev–Trinajstić information content (AvgIpc) is 2.49. The standard InChI is InChI=1S/C15H22N2O3/c1-2-19-13-7-3-4-8-14(13)20-12-6-5-9-17(11-12)15(18)10-16/h3-4,7-8,12H,2,5-6,9-11,16H2,1H3. The Hall–Kier alpha value is -1.75. The fraction of sp³-hybridized carbons (Fsp3) is 0.533. The van der Waals surface area contributed by atoms with Gasteiger partial charge < -0.3 is 20.1 Å². The number of piperidine rings is 1. The molecule has 20 heavy (non-hydrogen) atoms. The van der Waals surface area contributed by atoms with Crippen LogP contribution in [-0.2, 0) is 4.79 Å². The largest absolute Gasteiger partial charge is 0.490 e. The van der Waals surface area contributed by atoms with Gasteiger partial charge in [0.15, 0.2) is 11.5 Å². The van der Waals surface area contributed by atoms with Crippen LogP contribution in [0.1, 0.15) is 19.8 Å². The maximum Gasteiger partial charge on any atom is 0.236 e. The maximum atomic E-state index is 11.7. The lowest BCUT2D eigenvalue weighted by atomic mass is 10.1.